The maximum Gasteiger partial charge on any atom is 0.586 e. The lowest BCUT2D eigenvalue weighted by Crippen LogP contribution is -2.54. The van der Waals surface area contributed by atoms with Gasteiger partial charge in [-0.05, 0) is 60.8 Å². The summed E-state index contributed by atoms with van der Waals surface area (Å²) in [7, 11) is 0. The van der Waals surface area contributed by atoms with Gasteiger partial charge in [-0.3, -0.25) is 19.8 Å². The van der Waals surface area contributed by atoms with Crippen LogP contribution in [0.1, 0.15) is 5.56 Å². The second-order valence-electron chi connectivity index (χ2n) is 7.21. The molecule has 0 bridgehead atoms. The summed E-state index contributed by atoms with van der Waals surface area (Å²) in [5.74, 6) is -0.799. The van der Waals surface area contributed by atoms with Gasteiger partial charge in [-0.15, -0.1) is 8.78 Å². The molecule has 10 heteroatoms. The second-order valence-corrected chi connectivity index (χ2v) is 7.60. The minimum atomic E-state index is -3.84. The van der Waals surface area contributed by atoms with Gasteiger partial charge in [-0.1, -0.05) is 30.3 Å². The van der Waals surface area contributed by atoms with E-state index in [4.69, 9.17) is 17.0 Å². The molecule has 7 nitrogen and oxygen atoms in total. The summed E-state index contributed by atoms with van der Waals surface area (Å²) < 4.78 is 41.7. The monoisotopic (exact) mass is 480 g/mol. The van der Waals surface area contributed by atoms with E-state index in [-0.39, 0.29) is 27.7 Å². The number of hydrogen-bond donors (Lipinski definition) is 1. The third kappa shape index (κ3) is 4.06. The average molecular weight is 480 g/mol. The van der Waals surface area contributed by atoms with Crippen LogP contribution in [0.3, 0.4) is 0 Å². The summed E-state index contributed by atoms with van der Waals surface area (Å²) in [5, 5.41) is 2.33. The van der Waals surface area contributed by atoms with Crippen LogP contribution in [-0.4, -0.2) is 23.2 Å². The molecule has 0 atom stereocenters. The Bertz CT molecular complexity index is 1340. The van der Waals surface area contributed by atoms with Crippen molar-refractivity contribution in [2.75, 3.05) is 4.90 Å². The number of para-hydroxylation sites is 2. The van der Waals surface area contributed by atoms with Gasteiger partial charge < -0.3 is 14.2 Å². The number of rotatable bonds is 4. The zero-order chi connectivity index (χ0) is 23.9. The van der Waals surface area contributed by atoms with Crippen molar-refractivity contribution in [3.63, 3.8) is 0 Å². The van der Waals surface area contributed by atoms with Crippen molar-refractivity contribution < 1.29 is 32.6 Å². The minimum absolute atomic E-state index is 0.0764. The lowest BCUT2D eigenvalue weighted by Gasteiger charge is -2.29. The summed E-state index contributed by atoms with van der Waals surface area (Å²) >= 11 is 5.20. The van der Waals surface area contributed by atoms with E-state index in [1.165, 1.54) is 18.2 Å². The van der Waals surface area contributed by atoms with Crippen LogP contribution >= 0.6 is 12.2 Å². The first-order valence-electron chi connectivity index (χ1n) is 9.94. The molecule has 170 valence electrons. The zero-order valence-electron chi connectivity index (χ0n) is 17.2. The van der Waals surface area contributed by atoms with Crippen molar-refractivity contribution in [1.82, 2.24) is 5.32 Å². The highest BCUT2D eigenvalue weighted by Gasteiger charge is 2.44. The number of fused-ring (bicyclic) bond motifs is 1. The number of carbonyl (C=O) groups excluding carboxylic acids is 2. The van der Waals surface area contributed by atoms with E-state index in [9.17, 15) is 18.4 Å². The van der Waals surface area contributed by atoms with Crippen molar-refractivity contribution in [3.8, 4) is 23.0 Å². The van der Waals surface area contributed by atoms with Gasteiger partial charge in [0.25, 0.3) is 11.8 Å². The van der Waals surface area contributed by atoms with E-state index in [1.807, 2.05) is 18.2 Å². The standard InChI is InChI=1S/C24H14F2N2O5S/c25-24(26)32-19-8-4-5-14(20(19)33-24)13-18-21(29)27-23(34)28(22(18)30)15-9-11-17(12-10-15)31-16-6-2-1-3-7-16/h1-13H,(H,27,29,34). The largest absolute Gasteiger partial charge is 0.586 e. The molecule has 0 unspecified atom stereocenters. The number of nitrogens with one attached hydrogen (secondary N) is 1. The first kappa shape index (κ1) is 21.5. The van der Waals surface area contributed by atoms with Gasteiger partial charge in [0.15, 0.2) is 16.6 Å². The van der Waals surface area contributed by atoms with Crippen molar-refractivity contribution in [3.05, 3.63) is 83.9 Å². The van der Waals surface area contributed by atoms with Crippen LogP contribution in [0.5, 0.6) is 23.0 Å². The summed E-state index contributed by atoms with van der Waals surface area (Å²) in [6.07, 6.45) is -2.68. The number of benzene rings is 3. The topological polar surface area (TPSA) is 77.1 Å². The van der Waals surface area contributed by atoms with Crippen molar-refractivity contribution in [2.24, 2.45) is 0 Å². The Labute approximate surface area is 197 Å². The maximum absolute atomic E-state index is 13.5. The molecule has 1 N–H and O–H groups in total. The second kappa shape index (κ2) is 8.23. The molecule has 1 saturated heterocycles. The van der Waals surface area contributed by atoms with Gasteiger partial charge >= 0.3 is 6.29 Å². The number of anilines is 1. The van der Waals surface area contributed by atoms with E-state index in [2.05, 4.69) is 14.8 Å². The van der Waals surface area contributed by atoms with Gasteiger partial charge in [-0.2, -0.15) is 0 Å². The smallest absolute Gasteiger partial charge is 0.457 e. The molecule has 3 aromatic carbocycles. The number of ether oxygens (including phenoxy) is 3. The van der Waals surface area contributed by atoms with Gasteiger partial charge in [0, 0.05) is 5.56 Å². The van der Waals surface area contributed by atoms with Gasteiger partial charge in [-0.25, -0.2) is 0 Å². The Kier molecular flexibility index (Phi) is 5.21. The molecule has 2 aliphatic rings. The van der Waals surface area contributed by atoms with Crippen LogP contribution in [0.4, 0.5) is 14.5 Å². The molecule has 0 radical (unpaired) electrons. The van der Waals surface area contributed by atoms with Crippen LogP contribution in [0.15, 0.2) is 78.4 Å². The predicted octanol–water partition coefficient (Wildman–Crippen LogP) is 4.63. The van der Waals surface area contributed by atoms with Crippen LogP contribution in [0, 0.1) is 0 Å². The highest BCUT2D eigenvalue weighted by molar-refractivity contribution is 7.80. The fourth-order valence-corrected chi connectivity index (χ4v) is 3.72. The highest BCUT2D eigenvalue weighted by atomic mass is 32.1. The first-order chi connectivity index (χ1) is 16.3. The van der Waals surface area contributed by atoms with Gasteiger partial charge in [0.2, 0.25) is 0 Å². The highest BCUT2D eigenvalue weighted by Crippen LogP contribution is 2.44. The molecule has 5 rings (SSSR count). The molecule has 0 aromatic heterocycles. The average Bonchev–Trinajstić information content (AvgIpc) is 3.13. The maximum atomic E-state index is 13.5. The predicted molar refractivity (Wildman–Crippen MR) is 122 cm³/mol. The lowest BCUT2D eigenvalue weighted by molar-refractivity contribution is -0.286. The third-order valence-corrected chi connectivity index (χ3v) is 5.22. The van der Waals surface area contributed by atoms with Gasteiger partial charge in [0.1, 0.15) is 17.1 Å². The number of halogens is 2. The Morgan fingerprint density at radius 3 is 2.35 bits per heavy atom. The summed E-state index contributed by atoms with van der Waals surface area (Å²) in [5.41, 5.74) is 0.142. The summed E-state index contributed by atoms with van der Waals surface area (Å²) in [6, 6.07) is 19.8. The van der Waals surface area contributed by atoms with Crippen molar-refractivity contribution >= 4 is 40.9 Å². The first-order valence-corrected chi connectivity index (χ1v) is 10.3. The van der Waals surface area contributed by atoms with E-state index in [1.54, 1.807) is 36.4 Å². The van der Waals surface area contributed by atoms with E-state index >= 15 is 0 Å². The molecular weight excluding hydrogens is 466 g/mol. The molecular formula is C24H14F2N2O5S. The molecule has 2 aliphatic heterocycles. The number of hydrogen-bond acceptors (Lipinski definition) is 6. The molecule has 1 fully saturated rings. The lowest BCUT2D eigenvalue weighted by atomic mass is 10.1. The van der Waals surface area contributed by atoms with E-state index in [0.717, 1.165) is 11.0 Å². The normalized spacial score (nSPS) is 17.6. The molecule has 34 heavy (non-hydrogen) atoms. The van der Waals surface area contributed by atoms with Crippen molar-refractivity contribution in [1.29, 1.82) is 0 Å². The van der Waals surface area contributed by atoms with E-state index < -0.39 is 18.1 Å². The number of nitrogens with zero attached hydrogens (tertiary/aromatic N) is 1. The fourth-order valence-electron chi connectivity index (χ4n) is 3.44. The molecule has 0 spiro atoms. The van der Waals surface area contributed by atoms with E-state index in [0.29, 0.717) is 17.2 Å². The third-order valence-electron chi connectivity index (χ3n) is 4.93. The number of amides is 2. The Morgan fingerprint density at radius 1 is 0.912 bits per heavy atom. The SMILES string of the molecule is O=C1NC(=S)N(c2ccc(Oc3ccccc3)cc2)C(=O)C1=Cc1cccc2c1OC(F)(F)O2. The molecule has 2 heterocycles. The summed E-state index contributed by atoms with van der Waals surface area (Å²) in [4.78, 5) is 26.9. The molecule has 0 saturated carbocycles. The number of carbonyl (C=O) groups is 2. The van der Waals surface area contributed by atoms with Crippen LogP contribution in [0.2, 0.25) is 0 Å². The Balaban J connectivity index is 1.44. The molecule has 0 aliphatic carbocycles. The van der Waals surface area contributed by atoms with Crippen molar-refractivity contribution in [2.45, 2.75) is 6.29 Å². The summed E-state index contributed by atoms with van der Waals surface area (Å²) in [6.45, 7) is 0. The quantitative estimate of drug-likeness (QED) is 0.333. The van der Waals surface area contributed by atoms with Crippen LogP contribution in [0.25, 0.3) is 6.08 Å². The zero-order valence-corrected chi connectivity index (χ0v) is 18.0. The molecule has 3 aromatic rings. The Morgan fingerprint density at radius 2 is 1.62 bits per heavy atom. The van der Waals surface area contributed by atoms with Crippen LogP contribution < -0.4 is 24.4 Å². The van der Waals surface area contributed by atoms with Gasteiger partial charge in [0.05, 0.1) is 5.69 Å². The molecule has 2 amide bonds. The number of thiocarbonyl (C=S) groups is 1. The van der Waals surface area contributed by atoms with Crippen LogP contribution in [-0.2, 0) is 9.59 Å². The fraction of sp³-hybridized carbons (Fsp3) is 0.0417. The minimum Gasteiger partial charge on any atom is -0.457 e. The number of alkyl halides is 2. The Hall–Kier alpha value is -4.31.